The molecular formula is C18H29Cl2N3O3. The van der Waals surface area contributed by atoms with Gasteiger partial charge in [0.1, 0.15) is 11.5 Å². The molecule has 0 aromatic heterocycles. The Balaban J connectivity index is 0.00000169. The predicted octanol–water partition coefficient (Wildman–Crippen LogP) is 1.99. The topological polar surface area (TPSA) is 62.8 Å². The molecule has 2 aliphatic heterocycles. The van der Waals surface area contributed by atoms with Gasteiger partial charge in [0, 0.05) is 31.7 Å². The van der Waals surface area contributed by atoms with Crippen molar-refractivity contribution in [2.75, 3.05) is 33.9 Å². The van der Waals surface area contributed by atoms with E-state index in [9.17, 15) is 4.79 Å². The van der Waals surface area contributed by atoms with E-state index >= 15 is 0 Å². The number of nitrogens with one attached hydrogen (secondary N) is 2. The second-order valence-electron chi connectivity index (χ2n) is 6.60. The maximum atomic E-state index is 12.2. The molecule has 148 valence electrons. The van der Waals surface area contributed by atoms with Crippen molar-refractivity contribution in [2.24, 2.45) is 0 Å². The Labute approximate surface area is 167 Å². The number of ether oxygens (including phenoxy) is 2. The van der Waals surface area contributed by atoms with Crippen molar-refractivity contribution in [3.63, 3.8) is 0 Å². The fourth-order valence-corrected chi connectivity index (χ4v) is 3.52. The highest BCUT2D eigenvalue weighted by Crippen LogP contribution is 2.24. The van der Waals surface area contributed by atoms with Crippen LogP contribution in [-0.2, 0) is 11.3 Å². The van der Waals surface area contributed by atoms with Gasteiger partial charge >= 0.3 is 0 Å². The van der Waals surface area contributed by atoms with Gasteiger partial charge < -0.3 is 20.1 Å². The highest BCUT2D eigenvalue weighted by atomic mass is 35.5. The molecule has 0 spiro atoms. The van der Waals surface area contributed by atoms with Crippen molar-refractivity contribution in [1.82, 2.24) is 15.5 Å². The van der Waals surface area contributed by atoms with Crippen LogP contribution in [0.4, 0.5) is 0 Å². The summed E-state index contributed by atoms with van der Waals surface area (Å²) >= 11 is 0. The summed E-state index contributed by atoms with van der Waals surface area (Å²) in [5.74, 6) is 1.77. The first kappa shape index (κ1) is 22.8. The molecule has 2 atom stereocenters. The van der Waals surface area contributed by atoms with Crippen molar-refractivity contribution < 1.29 is 14.3 Å². The lowest BCUT2D eigenvalue weighted by atomic mass is 10.2. The van der Waals surface area contributed by atoms with E-state index in [1.807, 2.05) is 18.2 Å². The molecule has 2 unspecified atom stereocenters. The Morgan fingerprint density at radius 2 is 1.88 bits per heavy atom. The van der Waals surface area contributed by atoms with Crippen LogP contribution < -0.4 is 20.1 Å². The molecule has 6 nitrogen and oxygen atoms in total. The third-order valence-corrected chi connectivity index (χ3v) is 4.81. The van der Waals surface area contributed by atoms with Crippen LogP contribution in [0.2, 0.25) is 0 Å². The maximum Gasteiger partial charge on any atom is 0.237 e. The average Bonchev–Trinajstić information content (AvgIpc) is 3.26. The van der Waals surface area contributed by atoms with Crippen LogP contribution in [0.1, 0.15) is 24.8 Å². The summed E-state index contributed by atoms with van der Waals surface area (Å²) in [5, 5.41) is 6.44. The number of hydrogen-bond donors (Lipinski definition) is 2. The normalized spacial score (nSPS) is 22.2. The lowest BCUT2D eigenvalue weighted by Crippen LogP contribution is -2.46. The highest BCUT2D eigenvalue weighted by molar-refractivity contribution is 5.85. The molecule has 2 saturated heterocycles. The van der Waals surface area contributed by atoms with Crippen LogP contribution in [-0.4, -0.2) is 56.7 Å². The van der Waals surface area contributed by atoms with E-state index in [0.29, 0.717) is 0 Å². The second-order valence-corrected chi connectivity index (χ2v) is 6.60. The van der Waals surface area contributed by atoms with Crippen molar-refractivity contribution in [1.29, 1.82) is 0 Å². The number of carbonyl (C=O) groups is 1. The Bertz CT molecular complexity index is 561. The molecule has 1 amide bonds. The Hall–Kier alpha value is -1.21. The molecule has 0 aliphatic carbocycles. The van der Waals surface area contributed by atoms with E-state index in [4.69, 9.17) is 9.47 Å². The molecule has 0 radical (unpaired) electrons. The van der Waals surface area contributed by atoms with Crippen molar-refractivity contribution in [2.45, 2.75) is 37.9 Å². The van der Waals surface area contributed by atoms with E-state index in [0.717, 1.165) is 62.5 Å². The van der Waals surface area contributed by atoms with E-state index in [1.165, 1.54) is 0 Å². The smallest absolute Gasteiger partial charge is 0.237 e. The minimum Gasteiger partial charge on any atom is -0.497 e. The Morgan fingerprint density at radius 1 is 1.19 bits per heavy atom. The monoisotopic (exact) mass is 405 g/mol. The molecule has 3 rings (SSSR count). The minimum atomic E-state index is 0. The summed E-state index contributed by atoms with van der Waals surface area (Å²) in [4.78, 5) is 14.6. The van der Waals surface area contributed by atoms with E-state index < -0.39 is 0 Å². The van der Waals surface area contributed by atoms with Crippen molar-refractivity contribution >= 4 is 30.7 Å². The van der Waals surface area contributed by atoms with Crippen LogP contribution in [0.5, 0.6) is 11.5 Å². The molecule has 0 bridgehead atoms. The molecule has 1 aromatic rings. The van der Waals surface area contributed by atoms with E-state index in [2.05, 4.69) is 15.5 Å². The van der Waals surface area contributed by atoms with E-state index in [-0.39, 0.29) is 42.8 Å². The highest BCUT2D eigenvalue weighted by Gasteiger charge is 2.28. The number of benzene rings is 1. The number of methoxy groups -OCH3 is 2. The zero-order valence-corrected chi connectivity index (χ0v) is 17.0. The standard InChI is InChI=1S/C18H27N3O3.2ClH/c1-23-15-8-13(9-16(10-15)24-2)11-21-7-5-14(12-21)20-18(22)17-4-3-6-19-17;;/h8-10,14,17,19H,3-7,11-12H2,1-2H3,(H,20,22);2*1H. The summed E-state index contributed by atoms with van der Waals surface area (Å²) in [7, 11) is 3.33. The molecule has 2 N–H and O–H groups in total. The average molecular weight is 406 g/mol. The molecular weight excluding hydrogens is 377 g/mol. The van der Waals surface area contributed by atoms with Gasteiger partial charge in [-0.3, -0.25) is 9.69 Å². The van der Waals surface area contributed by atoms with Crippen LogP contribution in [0.25, 0.3) is 0 Å². The third-order valence-electron chi connectivity index (χ3n) is 4.81. The van der Waals surface area contributed by atoms with Crippen LogP contribution in [0.3, 0.4) is 0 Å². The van der Waals surface area contributed by atoms with Crippen LogP contribution in [0.15, 0.2) is 18.2 Å². The zero-order valence-electron chi connectivity index (χ0n) is 15.3. The molecule has 2 heterocycles. The summed E-state index contributed by atoms with van der Waals surface area (Å²) in [5.41, 5.74) is 1.16. The van der Waals surface area contributed by atoms with Gasteiger partial charge in [0.15, 0.2) is 0 Å². The molecule has 0 saturated carbocycles. The number of carbonyl (C=O) groups excluding carboxylic acids is 1. The summed E-state index contributed by atoms with van der Waals surface area (Å²) in [6.45, 7) is 3.66. The molecule has 2 aliphatic rings. The first-order valence-corrected chi connectivity index (χ1v) is 8.66. The lowest BCUT2D eigenvalue weighted by Gasteiger charge is -2.19. The predicted molar refractivity (Wildman–Crippen MR) is 107 cm³/mol. The molecule has 26 heavy (non-hydrogen) atoms. The third kappa shape index (κ3) is 5.91. The molecule has 2 fully saturated rings. The van der Waals surface area contributed by atoms with Gasteiger partial charge in [-0.2, -0.15) is 0 Å². The minimum absolute atomic E-state index is 0. The number of halogens is 2. The van der Waals surface area contributed by atoms with Gasteiger partial charge in [-0.1, -0.05) is 0 Å². The van der Waals surface area contributed by atoms with Crippen molar-refractivity contribution in [3.8, 4) is 11.5 Å². The van der Waals surface area contributed by atoms with Gasteiger partial charge in [-0.05, 0) is 43.5 Å². The zero-order chi connectivity index (χ0) is 16.9. The van der Waals surface area contributed by atoms with Gasteiger partial charge in [-0.15, -0.1) is 24.8 Å². The summed E-state index contributed by atoms with van der Waals surface area (Å²) in [6, 6.07) is 6.20. The Morgan fingerprint density at radius 3 is 2.46 bits per heavy atom. The summed E-state index contributed by atoms with van der Waals surface area (Å²) in [6.07, 6.45) is 3.04. The van der Waals surface area contributed by atoms with E-state index in [1.54, 1.807) is 14.2 Å². The first-order valence-electron chi connectivity index (χ1n) is 8.66. The second kappa shape index (κ2) is 10.8. The summed E-state index contributed by atoms with van der Waals surface area (Å²) < 4.78 is 10.7. The van der Waals surface area contributed by atoms with Gasteiger partial charge in [0.25, 0.3) is 0 Å². The number of rotatable bonds is 6. The van der Waals surface area contributed by atoms with Crippen LogP contribution >= 0.6 is 24.8 Å². The SMILES string of the molecule is COc1cc(CN2CCC(NC(=O)C3CCCN3)C2)cc(OC)c1.Cl.Cl. The Kier molecular flexibility index (Phi) is 9.50. The van der Waals surface area contributed by atoms with Gasteiger partial charge in [-0.25, -0.2) is 0 Å². The fraction of sp³-hybridized carbons (Fsp3) is 0.611. The number of nitrogens with zero attached hydrogens (tertiary/aromatic N) is 1. The fourth-order valence-electron chi connectivity index (χ4n) is 3.52. The van der Waals surface area contributed by atoms with Crippen LogP contribution in [0, 0.1) is 0 Å². The molecule has 1 aromatic carbocycles. The lowest BCUT2D eigenvalue weighted by molar-refractivity contribution is -0.123. The largest absolute Gasteiger partial charge is 0.497 e. The quantitative estimate of drug-likeness (QED) is 0.757. The van der Waals surface area contributed by atoms with Crippen molar-refractivity contribution in [3.05, 3.63) is 23.8 Å². The molecule has 8 heteroatoms. The number of likely N-dealkylation sites (tertiary alicyclic amines) is 1. The number of hydrogen-bond acceptors (Lipinski definition) is 5. The van der Waals surface area contributed by atoms with Gasteiger partial charge in [0.2, 0.25) is 5.91 Å². The maximum absolute atomic E-state index is 12.2. The van der Waals surface area contributed by atoms with Gasteiger partial charge in [0.05, 0.1) is 20.3 Å². The first-order chi connectivity index (χ1) is 11.7. The number of amides is 1.